The molecule has 1 saturated heterocycles. The van der Waals surface area contributed by atoms with Crippen molar-refractivity contribution in [1.29, 1.82) is 0 Å². The summed E-state index contributed by atoms with van der Waals surface area (Å²) < 4.78 is 21.6. The molecule has 6 nitrogen and oxygen atoms in total. The van der Waals surface area contributed by atoms with E-state index in [0.29, 0.717) is 6.42 Å². The van der Waals surface area contributed by atoms with E-state index in [2.05, 4.69) is 6.58 Å². The summed E-state index contributed by atoms with van der Waals surface area (Å²) in [5.74, 6) is -1.01. The predicted molar refractivity (Wildman–Crippen MR) is 70.8 cm³/mol. The lowest BCUT2D eigenvalue weighted by molar-refractivity contribution is -0.200. The Morgan fingerprint density at radius 2 is 1.75 bits per heavy atom. The van der Waals surface area contributed by atoms with Crippen LogP contribution < -0.4 is 0 Å². The van der Waals surface area contributed by atoms with Crippen LogP contribution in [0.5, 0.6) is 0 Å². The molecule has 0 spiro atoms. The van der Waals surface area contributed by atoms with Gasteiger partial charge in [-0.3, -0.25) is 9.59 Å². The molecule has 20 heavy (non-hydrogen) atoms. The Bertz CT molecular complexity index is 404. The van der Waals surface area contributed by atoms with E-state index in [-0.39, 0.29) is 0 Å². The van der Waals surface area contributed by atoms with Gasteiger partial charge in [-0.25, -0.2) is 0 Å². The summed E-state index contributed by atoms with van der Waals surface area (Å²) in [5, 5.41) is 0. The Kier molecular flexibility index (Phi) is 5.30. The summed E-state index contributed by atoms with van der Waals surface area (Å²) in [5.41, 5.74) is -0.131. The van der Waals surface area contributed by atoms with Crippen molar-refractivity contribution in [2.45, 2.75) is 58.2 Å². The van der Waals surface area contributed by atoms with Crippen LogP contribution in [0.3, 0.4) is 0 Å². The fourth-order valence-corrected chi connectivity index (χ4v) is 2.57. The van der Waals surface area contributed by atoms with Crippen LogP contribution in [0.2, 0.25) is 0 Å². The maximum atomic E-state index is 11.3. The van der Waals surface area contributed by atoms with E-state index in [4.69, 9.17) is 18.9 Å². The molecular formula is C14H22O6. The largest absolute Gasteiger partial charge is 0.453 e. The molecule has 1 fully saturated rings. The SMILES string of the molecule is C=C(C)[C@]1(CC)OC(OC(C)=O)[C@H](OC(C)=O)[C@@H]1OC. The fourth-order valence-electron chi connectivity index (χ4n) is 2.57. The third-order valence-electron chi connectivity index (χ3n) is 3.44. The minimum absolute atomic E-state index is 0.494. The first kappa shape index (κ1) is 16.7. The molecule has 1 rings (SSSR count). The van der Waals surface area contributed by atoms with Crippen LogP contribution in [0.15, 0.2) is 12.2 Å². The van der Waals surface area contributed by atoms with E-state index in [0.717, 1.165) is 5.57 Å². The van der Waals surface area contributed by atoms with Gasteiger partial charge < -0.3 is 18.9 Å². The van der Waals surface area contributed by atoms with Gasteiger partial charge in [-0.1, -0.05) is 13.5 Å². The Hall–Kier alpha value is -1.40. The van der Waals surface area contributed by atoms with Crippen LogP contribution in [-0.4, -0.2) is 43.1 Å². The summed E-state index contributed by atoms with van der Waals surface area (Å²) in [4.78, 5) is 22.5. The van der Waals surface area contributed by atoms with Crippen molar-refractivity contribution in [3.63, 3.8) is 0 Å². The Balaban J connectivity index is 3.16. The number of methoxy groups -OCH3 is 1. The third-order valence-corrected chi connectivity index (χ3v) is 3.44. The van der Waals surface area contributed by atoms with E-state index < -0.39 is 36.0 Å². The van der Waals surface area contributed by atoms with Crippen LogP contribution in [0.4, 0.5) is 0 Å². The van der Waals surface area contributed by atoms with Crippen molar-refractivity contribution in [3.05, 3.63) is 12.2 Å². The molecule has 1 unspecified atom stereocenters. The quantitative estimate of drug-likeness (QED) is 0.564. The molecule has 114 valence electrons. The lowest BCUT2D eigenvalue weighted by atomic mass is 9.86. The second-order valence-corrected chi connectivity index (χ2v) is 4.85. The molecule has 0 N–H and O–H groups in total. The number of esters is 2. The molecule has 1 aliphatic heterocycles. The number of rotatable bonds is 5. The van der Waals surface area contributed by atoms with Crippen molar-refractivity contribution in [1.82, 2.24) is 0 Å². The van der Waals surface area contributed by atoms with Gasteiger partial charge in [-0.05, 0) is 18.9 Å². The highest BCUT2D eigenvalue weighted by Crippen LogP contribution is 2.42. The highest BCUT2D eigenvalue weighted by molar-refractivity contribution is 5.67. The van der Waals surface area contributed by atoms with E-state index >= 15 is 0 Å². The summed E-state index contributed by atoms with van der Waals surface area (Å²) in [7, 11) is 1.49. The molecule has 0 aromatic heterocycles. The number of ether oxygens (including phenoxy) is 4. The fraction of sp³-hybridized carbons (Fsp3) is 0.714. The molecule has 0 radical (unpaired) electrons. The lowest BCUT2D eigenvalue weighted by Gasteiger charge is -2.33. The van der Waals surface area contributed by atoms with Crippen LogP contribution in [0.25, 0.3) is 0 Å². The lowest BCUT2D eigenvalue weighted by Crippen LogP contribution is -2.46. The molecule has 4 atom stereocenters. The average molecular weight is 286 g/mol. The second-order valence-electron chi connectivity index (χ2n) is 4.85. The highest BCUT2D eigenvalue weighted by Gasteiger charge is 2.58. The van der Waals surface area contributed by atoms with Crippen molar-refractivity contribution < 1.29 is 28.5 Å². The number of carbonyl (C=O) groups excluding carboxylic acids is 2. The van der Waals surface area contributed by atoms with Gasteiger partial charge in [-0.2, -0.15) is 0 Å². The zero-order valence-corrected chi connectivity index (χ0v) is 12.6. The van der Waals surface area contributed by atoms with Gasteiger partial charge in [0, 0.05) is 21.0 Å². The van der Waals surface area contributed by atoms with Gasteiger partial charge in [0.1, 0.15) is 11.7 Å². The topological polar surface area (TPSA) is 71.1 Å². The monoisotopic (exact) mass is 286 g/mol. The van der Waals surface area contributed by atoms with Crippen LogP contribution in [0.1, 0.15) is 34.1 Å². The Morgan fingerprint density at radius 1 is 1.20 bits per heavy atom. The normalized spacial score (nSPS) is 32.8. The predicted octanol–water partition coefficient (Wildman–Crippen LogP) is 1.58. The van der Waals surface area contributed by atoms with E-state index in [1.54, 1.807) is 6.92 Å². The van der Waals surface area contributed by atoms with Crippen LogP contribution >= 0.6 is 0 Å². The minimum Gasteiger partial charge on any atom is -0.453 e. The smallest absolute Gasteiger partial charge is 0.305 e. The maximum Gasteiger partial charge on any atom is 0.305 e. The average Bonchev–Trinajstić information content (AvgIpc) is 2.62. The first-order valence-corrected chi connectivity index (χ1v) is 6.49. The third kappa shape index (κ3) is 3.02. The van der Waals surface area contributed by atoms with Gasteiger partial charge in [0.05, 0.1) is 0 Å². The van der Waals surface area contributed by atoms with Crippen molar-refractivity contribution in [2.24, 2.45) is 0 Å². The molecule has 0 amide bonds. The molecule has 1 heterocycles. The first-order valence-electron chi connectivity index (χ1n) is 6.49. The zero-order chi connectivity index (χ0) is 15.5. The minimum atomic E-state index is -1.00. The molecule has 0 bridgehead atoms. The summed E-state index contributed by atoms with van der Waals surface area (Å²) >= 11 is 0. The van der Waals surface area contributed by atoms with Crippen LogP contribution in [-0.2, 0) is 28.5 Å². The van der Waals surface area contributed by atoms with Gasteiger partial charge in [0.2, 0.25) is 6.29 Å². The summed E-state index contributed by atoms with van der Waals surface area (Å²) in [6.07, 6.45) is -1.86. The number of hydrogen-bond acceptors (Lipinski definition) is 6. The van der Waals surface area contributed by atoms with Gasteiger partial charge in [-0.15, -0.1) is 0 Å². The molecule has 0 aromatic carbocycles. The van der Waals surface area contributed by atoms with Crippen molar-refractivity contribution in [3.8, 4) is 0 Å². The van der Waals surface area contributed by atoms with E-state index in [9.17, 15) is 9.59 Å². The summed E-state index contributed by atoms with van der Waals surface area (Å²) in [6.45, 7) is 10.2. The van der Waals surface area contributed by atoms with Gasteiger partial charge >= 0.3 is 11.9 Å². The Labute approximate surface area is 119 Å². The van der Waals surface area contributed by atoms with E-state index in [1.165, 1.54) is 21.0 Å². The van der Waals surface area contributed by atoms with Crippen molar-refractivity contribution >= 4 is 11.9 Å². The summed E-state index contributed by atoms with van der Waals surface area (Å²) in [6, 6.07) is 0. The van der Waals surface area contributed by atoms with Crippen molar-refractivity contribution in [2.75, 3.05) is 7.11 Å². The molecule has 1 aliphatic rings. The van der Waals surface area contributed by atoms with Crippen LogP contribution in [0, 0.1) is 0 Å². The molecule has 0 aromatic rings. The van der Waals surface area contributed by atoms with Gasteiger partial charge in [0.15, 0.2) is 6.10 Å². The molecular weight excluding hydrogens is 264 g/mol. The second kappa shape index (κ2) is 6.37. The zero-order valence-electron chi connectivity index (χ0n) is 12.6. The molecule has 0 saturated carbocycles. The Morgan fingerprint density at radius 3 is 2.10 bits per heavy atom. The standard InChI is InChI=1S/C14H22O6/c1-7-14(8(2)3)12(17-6)11(18-9(4)15)13(20-14)19-10(5)16/h11-13H,2,7H2,1,3-6H3/t11-,12+,13?,14+/m1/s1. The number of carbonyl (C=O) groups is 2. The molecule has 0 aliphatic carbocycles. The number of hydrogen-bond donors (Lipinski definition) is 0. The molecule has 6 heteroatoms. The first-order chi connectivity index (χ1) is 9.28. The van der Waals surface area contributed by atoms with E-state index in [1.807, 2.05) is 6.92 Å². The maximum absolute atomic E-state index is 11.3. The highest BCUT2D eigenvalue weighted by atomic mass is 16.7. The van der Waals surface area contributed by atoms with Gasteiger partial charge in [0.25, 0.3) is 0 Å².